The Morgan fingerprint density at radius 2 is 1.45 bits per heavy atom. The van der Waals surface area contributed by atoms with Crippen LogP contribution in [0, 0.1) is 0 Å². The van der Waals surface area contributed by atoms with E-state index in [1.54, 1.807) is 0 Å². The van der Waals surface area contributed by atoms with Crippen molar-refractivity contribution < 1.29 is 14.7 Å². The number of hydrogen-bond acceptors (Lipinski definition) is 2. The molecule has 0 aliphatic carbocycles. The van der Waals surface area contributed by atoms with Crippen LogP contribution >= 0.6 is 11.6 Å². The number of nitrogens with zero attached hydrogens (tertiary/aromatic N) is 1. The topological polar surface area (TPSA) is 73.4 Å². The van der Waals surface area contributed by atoms with Crippen LogP contribution in [-0.4, -0.2) is 33.4 Å². The van der Waals surface area contributed by atoms with Crippen molar-refractivity contribution in [2.75, 3.05) is 6.54 Å². The lowest BCUT2D eigenvalue weighted by Gasteiger charge is -2.32. The number of para-hydroxylation sites is 1. The summed E-state index contributed by atoms with van der Waals surface area (Å²) in [5.41, 5.74) is 3.57. The second kappa shape index (κ2) is 8.26. The first kappa shape index (κ1) is 21.0. The molecular formula is C27H21ClN2O3. The summed E-state index contributed by atoms with van der Waals surface area (Å²) in [5, 5.41) is 11.0. The standard InChI is InChI=1S/C27H21ClN2O3/c28-27(18-9-3-1-4-10-18,19-11-5-2-6-12-19)26(33)30-16-15-21-20-13-7-8-14-23(20)29-24(21)22(17-30)25(31)32/h1-14,17,29H,15-16H2,(H,31,32). The van der Waals surface area contributed by atoms with Gasteiger partial charge in [0.25, 0.3) is 5.91 Å². The third-order valence-corrected chi connectivity index (χ3v) is 6.70. The van der Waals surface area contributed by atoms with Crippen molar-refractivity contribution in [1.29, 1.82) is 0 Å². The number of halogens is 1. The van der Waals surface area contributed by atoms with E-state index < -0.39 is 16.8 Å². The number of H-pyrrole nitrogens is 1. The number of aromatic nitrogens is 1. The van der Waals surface area contributed by atoms with Crippen LogP contribution in [0.2, 0.25) is 0 Å². The highest BCUT2D eigenvalue weighted by atomic mass is 35.5. The Morgan fingerprint density at radius 3 is 2.06 bits per heavy atom. The number of carboxylic acids is 1. The predicted octanol–water partition coefficient (Wildman–Crippen LogP) is 5.16. The third kappa shape index (κ3) is 3.51. The van der Waals surface area contributed by atoms with Gasteiger partial charge in [0.05, 0.1) is 11.3 Å². The summed E-state index contributed by atoms with van der Waals surface area (Å²) in [7, 11) is 0. The van der Waals surface area contributed by atoms with Crippen molar-refractivity contribution in [3.05, 3.63) is 114 Å². The van der Waals surface area contributed by atoms with Gasteiger partial charge in [-0.25, -0.2) is 4.79 Å². The summed E-state index contributed by atoms with van der Waals surface area (Å²) in [5.74, 6) is -1.50. The Kier molecular flexibility index (Phi) is 5.27. The number of carbonyl (C=O) groups is 2. The van der Waals surface area contributed by atoms with Crippen molar-refractivity contribution >= 4 is 40.0 Å². The number of carboxylic acid groups (broad SMARTS) is 1. The summed E-state index contributed by atoms with van der Waals surface area (Å²) in [6.07, 6.45) is 1.91. The van der Waals surface area contributed by atoms with Gasteiger partial charge in [-0.2, -0.15) is 0 Å². The van der Waals surface area contributed by atoms with Crippen LogP contribution in [0.25, 0.3) is 16.5 Å². The number of amides is 1. The first-order chi connectivity index (χ1) is 16.0. The molecule has 1 aliphatic heterocycles. The molecule has 3 aromatic carbocycles. The maximum Gasteiger partial charge on any atom is 0.339 e. The Morgan fingerprint density at radius 1 is 0.879 bits per heavy atom. The lowest BCUT2D eigenvalue weighted by atomic mass is 9.89. The molecule has 164 valence electrons. The second-order valence-corrected chi connectivity index (χ2v) is 8.58. The zero-order chi connectivity index (χ0) is 23.0. The molecule has 0 unspecified atom stereocenters. The van der Waals surface area contributed by atoms with Gasteiger partial charge in [0.15, 0.2) is 4.87 Å². The van der Waals surface area contributed by atoms with Crippen LogP contribution in [0.5, 0.6) is 0 Å². The van der Waals surface area contributed by atoms with Crippen molar-refractivity contribution in [3.63, 3.8) is 0 Å². The van der Waals surface area contributed by atoms with Gasteiger partial charge in [0, 0.05) is 23.6 Å². The van der Waals surface area contributed by atoms with E-state index in [0.717, 1.165) is 16.5 Å². The lowest BCUT2D eigenvalue weighted by Crippen LogP contribution is -2.42. The predicted molar refractivity (Wildman–Crippen MR) is 129 cm³/mol. The lowest BCUT2D eigenvalue weighted by molar-refractivity contribution is -0.130. The highest BCUT2D eigenvalue weighted by Crippen LogP contribution is 2.40. The Hall–Kier alpha value is -3.83. The Bertz CT molecular complexity index is 1340. The molecule has 4 aromatic rings. The zero-order valence-electron chi connectivity index (χ0n) is 17.7. The Balaban J connectivity index is 1.64. The molecule has 0 fully saturated rings. The molecule has 5 rings (SSSR count). The SMILES string of the molecule is O=C(O)C1=CN(C(=O)C(Cl)(c2ccccc2)c2ccccc2)CCc2c1[nH]c1ccccc21. The van der Waals surface area contributed by atoms with Crippen molar-refractivity contribution in [3.8, 4) is 0 Å². The smallest absolute Gasteiger partial charge is 0.339 e. The van der Waals surface area contributed by atoms with Gasteiger partial charge < -0.3 is 15.0 Å². The molecule has 5 nitrogen and oxygen atoms in total. The minimum atomic E-state index is -1.50. The number of carbonyl (C=O) groups excluding carboxylic acids is 1. The molecule has 33 heavy (non-hydrogen) atoms. The molecule has 6 heteroatoms. The molecule has 1 aromatic heterocycles. The molecule has 0 spiro atoms. The van der Waals surface area contributed by atoms with Crippen LogP contribution in [0.3, 0.4) is 0 Å². The number of fused-ring (bicyclic) bond motifs is 3. The molecule has 1 amide bonds. The maximum atomic E-state index is 14.0. The van der Waals surface area contributed by atoms with Crippen LogP contribution in [0.4, 0.5) is 0 Å². The number of nitrogens with one attached hydrogen (secondary N) is 1. The van der Waals surface area contributed by atoms with E-state index in [-0.39, 0.29) is 5.57 Å². The van der Waals surface area contributed by atoms with E-state index >= 15 is 0 Å². The molecular weight excluding hydrogens is 436 g/mol. The highest BCUT2D eigenvalue weighted by Gasteiger charge is 2.43. The van der Waals surface area contributed by atoms with Crippen molar-refractivity contribution in [2.24, 2.45) is 0 Å². The molecule has 2 N–H and O–H groups in total. The average molecular weight is 457 g/mol. The van der Waals surface area contributed by atoms with Gasteiger partial charge in [-0.15, -0.1) is 0 Å². The van der Waals surface area contributed by atoms with E-state index in [1.807, 2.05) is 84.9 Å². The first-order valence-corrected chi connectivity index (χ1v) is 11.0. The summed E-state index contributed by atoms with van der Waals surface area (Å²) in [6.45, 7) is 0.304. The Labute approximate surface area is 195 Å². The van der Waals surface area contributed by atoms with Crippen LogP contribution in [0.15, 0.2) is 91.1 Å². The second-order valence-electron chi connectivity index (χ2n) is 8.01. The quantitative estimate of drug-likeness (QED) is 0.416. The van der Waals surface area contributed by atoms with Gasteiger partial charge in [-0.3, -0.25) is 4.79 Å². The maximum absolute atomic E-state index is 14.0. The van der Waals surface area contributed by atoms with Crippen molar-refractivity contribution in [2.45, 2.75) is 11.3 Å². The number of aliphatic carboxylic acids is 1. The molecule has 1 aliphatic rings. The summed E-state index contributed by atoms with van der Waals surface area (Å²) >= 11 is 7.16. The fraction of sp³-hybridized carbons (Fsp3) is 0.111. The van der Waals surface area contributed by atoms with Gasteiger partial charge in [0.2, 0.25) is 0 Å². The van der Waals surface area contributed by atoms with Crippen LogP contribution in [0.1, 0.15) is 22.4 Å². The minimum absolute atomic E-state index is 0.0344. The zero-order valence-corrected chi connectivity index (χ0v) is 18.4. The first-order valence-electron chi connectivity index (χ1n) is 10.7. The minimum Gasteiger partial charge on any atom is -0.478 e. The van der Waals surface area contributed by atoms with Gasteiger partial charge >= 0.3 is 5.97 Å². The molecule has 0 bridgehead atoms. The molecule has 0 saturated carbocycles. The van der Waals surface area contributed by atoms with E-state index in [4.69, 9.17) is 11.6 Å². The normalized spacial score (nSPS) is 13.8. The van der Waals surface area contributed by atoms with Crippen LogP contribution < -0.4 is 0 Å². The van der Waals surface area contributed by atoms with Gasteiger partial charge in [0.1, 0.15) is 0 Å². The monoisotopic (exact) mass is 456 g/mol. The number of alkyl halides is 1. The molecule has 0 atom stereocenters. The number of aromatic amines is 1. The largest absolute Gasteiger partial charge is 0.478 e. The molecule has 0 radical (unpaired) electrons. The average Bonchev–Trinajstić information content (AvgIpc) is 3.11. The highest BCUT2D eigenvalue weighted by molar-refractivity contribution is 6.37. The number of hydrogen-bond donors (Lipinski definition) is 2. The van der Waals surface area contributed by atoms with Crippen molar-refractivity contribution in [1.82, 2.24) is 9.88 Å². The number of rotatable bonds is 4. The summed E-state index contributed by atoms with van der Waals surface area (Å²) in [6, 6.07) is 26.0. The number of benzene rings is 3. The van der Waals surface area contributed by atoms with Gasteiger partial charge in [-0.05, 0) is 29.2 Å². The fourth-order valence-electron chi connectivity index (χ4n) is 4.48. The molecule has 0 saturated heterocycles. The van der Waals surface area contributed by atoms with E-state index in [0.29, 0.717) is 29.8 Å². The van der Waals surface area contributed by atoms with Gasteiger partial charge in [-0.1, -0.05) is 90.5 Å². The van der Waals surface area contributed by atoms with E-state index in [2.05, 4.69) is 4.98 Å². The third-order valence-electron chi connectivity index (χ3n) is 6.10. The summed E-state index contributed by atoms with van der Waals surface area (Å²) < 4.78 is 0. The molecule has 2 heterocycles. The van der Waals surface area contributed by atoms with E-state index in [1.165, 1.54) is 11.1 Å². The van der Waals surface area contributed by atoms with Crippen LogP contribution in [-0.2, 0) is 20.9 Å². The van der Waals surface area contributed by atoms with E-state index in [9.17, 15) is 14.7 Å². The fourth-order valence-corrected chi connectivity index (χ4v) is 4.84. The summed E-state index contributed by atoms with van der Waals surface area (Å²) in [4.78, 5) is 29.4.